The fourth-order valence-electron chi connectivity index (χ4n) is 11.9. The van der Waals surface area contributed by atoms with Gasteiger partial charge in [0.05, 0.1) is 0 Å². The van der Waals surface area contributed by atoms with Gasteiger partial charge in [-0.2, -0.15) is 0 Å². The van der Waals surface area contributed by atoms with Crippen molar-refractivity contribution < 1.29 is 0 Å². The molecule has 0 saturated heterocycles. The van der Waals surface area contributed by atoms with Gasteiger partial charge in [-0.1, -0.05) is 285 Å². The van der Waals surface area contributed by atoms with Crippen LogP contribution in [0.3, 0.4) is 0 Å². The van der Waals surface area contributed by atoms with Crippen LogP contribution < -0.4 is 25.6 Å². The largest absolute Gasteiger partial charge is 0.311 e. The van der Waals surface area contributed by atoms with Gasteiger partial charge in [0.2, 0.25) is 0 Å². The van der Waals surface area contributed by atoms with E-state index in [9.17, 15) is 0 Å². The molecule has 0 aliphatic rings. The lowest BCUT2D eigenvalue weighted by Gasteiger charge is -2.35. The highest BCUT2D eigenvalue weighted by molar-refractivity contribution is 7.19. The topological polar surface area (TPSA) is 3.24 Å². The first-order valence-corrected chi connectivity index (χ1v) is 28.9. The average molecular weight is 1010 g/mol. The minimum atomic E-state index is -2.69. The smallest absolute Gasteiger partial charge is 0.179 e. The van der Waals surface area contributed by atoms with E-state index in [0.717, 1.165) is 28.2 Å². The van der Waals surface area contributed by atoms with Crippen LogP contribution in [0.5, 0.6) is 0 Å². The summed E-state index contributed by atoms with van der Waals surface area (Å²) in [6.45, 7) is 0. The van der Waals surface area contributed by atoms with Gasteiger partial charge in [0.1, 0.15) is 0 Å². The molecule has 0 unspecified atom stereocenters. The van der Waals surface area contributed by atoms with Gasteiger partial charge in [0.25, 0.3) is 0 Å². The van der Waals surface area contributed by atoms with Crippen molar-refractivity contribution in [2.75, 3.05) is 4.90 Å². The van der Waals surface area contributed by atoms with E-state index in [-0.39, 0.29) is 0 Å². The van der Waals surface area contributed by atoms with Crippen molar-refractivity contribution in [3.05, 3.63) is 334 Å². The van der Waals surface area contributed by atoms with Crippen molar-refractivity contribution in [3.63, 3.8) is 0 Å². The molecule has 78 heavy (non-hydrogen) atoms. The van der Waals surface area contributed by atoms with Crippen molar-refractivity contribution in [2.24, 2.45) is 0 Å². The minimum absolute atomic E-state index is 1.09. The monoisotopic (exact) mass is 1010 g/mol. The molecule has 368 valence electrons. The molecule has 0 aliphatic heterocycles. The normalized spacial score (nSPS) is 11.3. The number of nitrogens with zero attached hydrogens (tertiary/aromatic N) is 1. The number of hydrogen-bond acceptors (Lipinski definition) is 1. The first-order valence-electron chi connectivity index (χ1n) is 26.9. The van der Waals surface area contributed by atoms with Gasteiger partial charge >= 0.3 is 0 Å². The van der Waals surface area contributed by atoms with Gasteiger partial charge in [-0.3, -0.25) is 0 Å². The van der Waals surface area contributed by atoms with Crippen LogP contribution in [-0.2, 0) is 0 Å². The van der Waals surface area contributed by atoms with E-state index in [2.05, 4.69) is 339 Å². The van der Waals surface area contributed by atoms with E-state index in [1.54, 1.807) is 0 Å². The lowest BCUT2D eigenvalue weighted by Crippen LogP contribution is -2.74. The second kappa shape index (κ2) is 21.4. The third-order valence-electron chi connectivity index (χ3n) is 15.4. The first kappa shape index (κ1) is 47.8. The summed E-state index contributed by atoms with van der Waals surface area (Å²) in [5, 5.41) is 7.85. The molecule has 1 nitrogen and oxygen atoms in total. The number of rotatable bonds is 13. The van der Waals surface area contributed by atoms with E-state index in [4.69, 9.17) is 0 Å². The van der Waals surface area contributed by atoms with E-state index >= 15 is 0 Å². The van der Waals surface area contributed by atoms with E-state index in [1.807, 2.05) is 0 Å². The van der Waals surface area contributed by atoms with Gasteiger partial charge in [-0.15, -0.1) is 0 Å². The van der Waals surface area contributed by atoms with Crippen LogP contribution >= 0.6 is 0 Å². The Morgan fingerprint density at radius 3 is 0.910 bits per heavy atom. The number of fused-ring (bicyclic) bond motifs is 1. The van der Waals surface area contributed by atoms with Crippen LogP contribution in [0.1, 0.15) is 0 Å². The molecule has 13 aromatic rings. The van der Waals surface area contributed by atoms with E-state index < -0.39 is 8.07 Å². The number of benzene rings is 13. The quantitative estimate of drug-likeness (QED) is 0.0822. The highest BCUT2D eigenvalue weighted by atomic mass is 28.3. The molecule has 2 heteroatoms. The highest BCUT2D eigenvalue weighted by Crippen LogP contribution is 2.51. The molecule has 0 N–H and O–H groups in total. The Hall–Kier alpha value is -9.86. The zero-order valence-corrected chi connectivity index (χ0v) is 44.2. The Balaban J connectivity index is 0.911. The Bertz CT molecular complexity index is 4020. The Labute approximate surface area is 459 Å². The summed E-state index contributed by atoms with van der Waals surface area (Å²) >= 11 is 0. The van der Waals surface area contributed by atoms with Crippen molar-refractivity contribution in [1.82, 2.24) is 0 Å². The third kappa shape index (κ3) is 8.94. The number of hydrogen-bond donors (Lipinski definition) is 0. The molecule has 0 bridgehead atoms. The Kier molecular flexibility index (Phi) is 13.1. The van der Waals surface area contributed by atoms with Crippen LogP contribution in [0, 0.1) is 0 Å². The van der Waals surface area contributed by atoms with Crippen LogP contribution in [0.2, 0.25) is 0 Å². The Morgan fingerprint density at radius 1 is 0.179 bits per heavy atom. The zero-order valence-electron chi connectivity index (χ0n) is 43.2. The SMILES string of the molecule is c1ccc(-c2c(-c3ccccc3)c(-c3ccccc3)c3cc(-c4cccc(-c5ccc(N(c6ccccc6)c6ccc([Si](c7ccccc7)(c7ccccc7)c7ccccc7)cc6)cc5)c4)ccc3c2-c2ccccc2)cc1. The van der Waals surface area contributed by atoms with Crippen LogP contribution in [-0.4, -0.2) is 8.07 Å². The van der Waals surface area contributed by atoms with E-state index in [0.29, 0.717) is 0 Å². The minimum Gasteiger partial charge on any atom is -0.311 e. The molecule has 0 heterocycles. The van der Waals surface area contributed by atoms with Crippen molar-refractivity contribution in [1.29, 1.82) is 0 Å². The van der Waals surface area contributed by atoms with Crippen LogP contribution in [0.15, 0.2) is 334 Å². The van der Waals surface area contributed by atoms with Crippen LogP contribution in [0.4, 0.5) is 17.1 Å². The lowest BCUT2D eigenvalue weighted by atomic mass is 9.78. The Morgan fingerprint density at radius 2 is 0.474 bits per heavy atom. The molecular weight excluding hydrogens is 955 g/mol. The third-order valence-corrected chi connectivity index (χ3v) is 20.2. The predicted molar refractivity (Wildman–Crippen MR) is 335 cm³/mol. The van der Waals surface area contributed by atoms with Gasteiger partial charge in [0, 0.05) is 17.1 Å². The summed E-state index contributed by atoms with van der Waals surface area (Å²) in [6.07, 6.45) is 0. The standard InChI is InChI=1S/C76H55NSi/c1-9-26-57(27-10-1)73-71-53-46-63(55-72(71)74(58-28-11-2-12-29-58)76(60-32-15-4-16-33-60)75(73)59-30-13-3-14-31-59)62-35-25-34-61(54-62)56-44-47-65(48-45-56)77(64-36-17-5-18-37-64)66-49-51-70(52-50-66)78(67-38-19-6-20-39-67,68-40-21-7-22-41-68)69-42-23-8-24-43-69/h1-55H. The maximum absolute atomic E-state index is 2.69. The summed E-state index contributed by atoms with van der Waals surface area (Å²) in [6, 6.07) is 123. The van der Waals surface area contributed by atoms with Crippen molar-refractivity contribution in [3.8, 4) is 66.8 Å². The van der Waals surface area contributed by atoms with Crippen molar-refractivity contribution in [2.45, 2.75) is 0 Å². The number of anilines is 3. The first-order chi connectivity index (χ1) is 38.7. The second-order valence-electron chi connectivity index (χ2n) is 19.9. The molecule has 0 aromatic heterocycles. The van der Waals surface area contributed by atoms with Gasteiger partial charge in [-0.05, 0) is 147 Å². The maximum atomic E-state index is 2.43. The molecule has 13 aromatic carbocycles. The molecule has 0 radical (unpaired) electrons. The van der Waals surface area contributed by atoms with E-state index in [1.165, 1.54) is 87.2 Å². The number of para-hydroxylation sites is 1. The predicted octanol–water partition coefficient (Wildman–Crippen LogP) is 17.7. The fourth-order valence-corrected chi connectivity index (χ4v) is 16.6. The summed E-state index contributed by atoms with van der Waals surface area (Å²) in [7, 11) is -2.69. The fraction of sp³-hybridized carbons (Fsp3) is 0. The lowest BCUT2D eigenvalue weighted by molar-refractivity contribution is 1.28. The molecule has 0 atom stereocenters. The summed E-state index contributed by atoms with van der Waals surface area (Å²) in [4.78, 5) is 2.37. The molecule has 0 aliphatic carbocycles. The molecule has 0 saturated carbocycles. The highest BCUT2D eigenvalue weighted by Gasteiger charge is 2.41. The summed E-state index contributed by atoms with van der Waals surface area (Å²) in [5.41, 5.74) is 17.6. The molecular formula is C76H55NSi. The zero-order chi connectivity index (χ0) is 52.1. The molecule has 0 spiro atoms. The van der Waals surface area contributed by atoms with Crippen molar-refractivity contribution >= 4 is 56.7 Å². The van der Waals surface area contributed by atoms with Gasteiger partial charge < -0.3 is 4.90 Å². The molecule has 13 rings (SSSR count). The maximum Gasteiger partial charge on any atom is 0.179 e. The summed E-state index contributed by atoms with van der Waals surface area (Å²) in [5.74, 6) is 0. The average Bonchev–Trinajstić information content (AvgIpc) is 3.57. The van der Waals surface area contributed by atoms with Gasteiger partial charge in [0.15, 0.2) is 8.07 Å². The van der Waals surface area contributed by atoms with Crippen LogP contribution in [0.25, 0.3) is 77.5 Å². The second-order valence-corrected chi connectivity index (χ2v) is 23.7. The molecule has 0 amide bonds. The van der Waals surface area contributed by atoms with Gasteiger partial charge in [-0.25, -0.2) is 0 Å². The molecule has 0 fully saturated rings. The summed E-state index contributed by atoms with van der Waals surface area (Å²) < 4.78 is 0.